The molecule has 2 rings (SSSR count). The van der Waals surface area contributed by atoms with Gasteiger partial charge >= 0.3 is 10.9 Å². The van der Waals surface area contributed by atoms with Crippen LogP contribution in [0.3, 0.4) is 0 Å². The fourth-order valence-electron chi connectivity index (χ4n) is 2.10. The molecule has 0 radical (unpaired) electrons. The number of nitrogens with one attached hydrogen (secondary N) is 2. The number of rotatable bonds is 7. The standard InChI is InChI=1S/C18H17ClN4O4/c1-12-3-7-14(8-4-12)20-18(21-15-9-5-13(2)6-10-15)16(22(24)25)11-17(19)23(26)27/h3-11,20-21H,1-2H3/b17-11+. The van der Waals surface area contributed by atoms with E-state index in [1.54, 1.807) is 24.3 Å². The molecule has 8 nitrogen and oxygen atoms in total. The fraction of sp³-hybridized carbons (Fsp3) is 0.111. The number of benzene rings is 2. The SMILES string of the molecule is Cc1ccc(NC(Nc2ccc(C)cc2)=C(/C=C(\Cl)[N+](=O)[O-])[N+](=O)[O-])cc1. The molecule has 0 bridgehead atoms. The third kappa shape index (κ3) is 5.82. The van der Waals surface area contributed by atoms with Gasteiger partial charge in [-0.3, -0.25) is 20.2 Å². The summed E-state index contributed by atoms with van der Waals surface area (Å²) in [5, 5.41) is 27.2. The molecule has 27 heavy (non-hydrogen) atoms. The zero-order chi connectivity index (χ0) is 20.0. The van der Waals surface area contributed by atoms with Crippen molar-refractivity contribution in [3.63, 3.8) is 0 Å². The van der Waals surface area contributed by atoms with Crippen LogP contribution < -0.4 is 10.6 Å². The molecule has 0 fully saturated rings. The van der Waals surface area contributed by atoms with E-state index < -0.39 is 20.7 Å². The van der Waals surface area contributed by atoms with Gasteiger partial charge in [0.1, 0.15) is 6.08 Å². The maximum absolute atomic E-state index is 11.5. The average molecular weight is 389 g/mol. The first kappa shape index (κ1) is 19.9. The molecule has 0 aliphatic rings. The molecule has 0 heterocycles. The van der Waals surface area contributed by atoms with Gasteiger partial charge in [0.25, 0.3) is 0 Å². The summed E-state index contributed by atoms with van der Waals surface area (Å²) in [6.45, 7) is 3.82. The van der Waals surface area contributed by atoms with Gasteiger partial charge in [0.15, 0.2) is 5.82 Å². The third-order valence-corrected chi connectivity index (χ3v) is 3.77. The second-order valence-corrected chi connectivity index (χ2v) is 6.11. The molecule has 0 unspecified atom stereocenters. The summed E-state index contributed by atoms with van der Waals surface area (Å²) in [5.41, 5.74) is 2.60. The molecule has 0 aliphatic heterocycles. The molecule has 2 aromatic carbocycles. The summed E-state index contributed by atoms with van der Waals surface area (Å²) in [4.78, 5) is 20.7. The van der Waals surface area contributed by atoms with E-state index in [1.807, 2.05) is 38.1 Å². The third-order valence-electron chi connectivity index (χ3n) is 3.52. The number of allylic oxidation sites excluding steroid dienone is 1. The van der Waals surface area contributed by atoms with Crippen LogP contribution >= 0.6 is 11.6 Å². The lowest BCUT2D eigenvalue weighted by molar-refractivity contribution is -0.428. The molecular formula is C18H17ClN4O4. The highest BCUT2D eigenvalue weighted by molar-refractivity contribution is 6.28. The first-order chi connectivity index (χ1) is 12.8. The predicted octanol–water partition coefficient (Wildman–Crippen LogP) is 4.63. The lowest BCUT2D eigenvalue weighted by Gasteiger charge is -2.14. The molecular weight excluding hydrogens is 372 g/mol. The van der Waals surface area contributed by atoms with Crippen molar-refractivity contribution in [2.75, 3.05) is 10.6 Å². The van der Waals surface area contributed by atoms with Crippen LogP contribution in [0.25, 0.3) is 0 Å². The van der Waals surface area contributed by atoms with Crippen molar-refractivity contribution in [3.8, 4) is 0 Å². The molecule has 0 spiro atoms. The Kier molecular flexibility index (Phi) is 6.51. The quantitative estimate of drug-likeness (QED) is 0.309. The van der Waals surface area contributed by atoms with Crippen LogP contribution in [-0.2, 0) is 0 Å². The van der Waals surface area contributed by atoms with Gasteiger partial charge in [0, 0.05) is 11.4 Å². The zero-order valence-electron chi connectivity index (χ0n) is 14.6. The van der Waals surface area contributed by atoms with E-state index in [0.29, 0.717) is 17.5 Å². The molecule has 2 N–H and O–H groups in total. The largest absolute Gasteiger partial charge is 0.344 e. The van der Waals surface area contributed by atoms with Gasteiger partial charge < -0.3 is 10.6 Å². The van der Waals surface area contributed by atoms with Gasteiger partial charge in [0.05, 0.1) is 9.85 Å². The van der Waals surface area contributed by atoms with Crippen molar-refractivity contribution >= 4 is 23.0 Å². The van der Waals surface area contributed by atoms with E-state index in [9.17, 15) is 20.2 Å². The Hall–Kier alpha value is -3.39. The van der Waals surface area contributed by atoms with Crippen molar-refractivity contribution < 1.29 is 9.85 Å². The number of nitro groups is 2. The van der Waals surface area contributed by atoms with Crippen LogP contribution in [-0.4, -0.2) is 9.85 Å². The zero-order valence-corrected chi connectivity index (χ0v) is 15.4. The molecule has 2 aromatic rings. The van der Waals surface area contributed by atoms with Crippen LogP contribution in [0.2, 0.25) is 0 Å². The van der Waals surface area contributed by atoms with Gasteiger partial charge in [0.2, 0.25) is 0 Å². The summed E-state index contributed by atoms with van der Waals surface area (Å²) in [7, 11) is 0. The minimum atomic E-state index is -0.902. The molecule has 0 amide bonds. The van der Waals surface area contributed by atoms with Crippen LogP contribution in [0.1, 0.15) is 11.1 Å². The Balaban J connectivity index is 2.51. The summed E-state index contributed by atoms with van der Waals surface area (Å²) in [6, 6.07) is 14.3. The van der Waals surface area contributed by atoms with E-state index in [-0.39, 0.29) is 5.82 Å². The highest BCUT2D eigenvalue weighted by Crippen LogP contribution is 2.20. The first-order valence-corrected chi connectivity index (χ1v) is 8.21. The van der Waals surface area contributed by atoms with Crippen LogP contribution in [0.15, 0.2) is 71.3 Å². The van der Waals surface area contributed by atoms with Crippen molar-refractivity contribution in [2.24, 2.45) is 0 Å². The smallest absolute Gasteiger partial charge is 0.336 e. The number of nitrogens with zero attached hydrogens (tertiary/aromatic N) is 2. The van der Waals surface area contributed by atoms with Crippen molar-refractivity contribution in [2.45, 2.75) is 13.8 Å². The molecule has 140 valence electrons. The maximum atomic E-state index is 11.5. The monoisotopic (exact) mass is 388 g/mol. The Morgan fingerprint density at radius 2 is 1.26 bits per heavy atom. The summed E-state index contributed by atoms with van der Waals surface area (Å²) < 4.78 is 0. The van der Waals surface area contributed by atoms with E-state index in [1.165, 1.54) is 0 Å². The summed E-state index contributed by atoms with van der Waals surface area (Å²) in [5.74, 6) is -0.0484. The van der Waals surface area contributed by atoms with Gasteiger partial charge in [-0.15, -0.1) is 0 Å². The topological polar surface area (TPSA) is 110 Å². The Morgan fingerprint density at radius 3 is 1.59 bits per heavy atom. The second kappa shape index (κ2) is 8.81. The molecule has 0 aliphatic carbocycles. The lowest BCUT2D eigenvalue weighted by Crippen LogP contribution is -2.16. The van der Waals surface area contributed by atoms with Crippen LogP contribution in [0.5, 0.6) is 0 Å². The lowest BCUT2D eigenvalue weighted by atomic mass is 10.2. The van der Waals surface area contributed by atoms with E-state index in [2.05, 4.69) is 10.6 Å². The van der Waals surface area contributed by atoms with Crippen LogP contribution in [0, 0.1) is 34.1 Å². The maximum Gasteiger partial charge on any atom is 0.344 e. The minimum Gasteiger partial charge on any atom is -0.336 e. The molecule has 0 saturated heterocycles. The number of aryl methyl sites for hydroxylation is 2. The van der Waals surface area contributed by atoms with Gasteiger partial charge in [-0.05, 0) is 49.7 Å². The minimum absolute atomic E-state index is 0.0484. The Morgan fingerprint density at radius 1 is 0.852 bits per heavy atom. The number of halogens is 1. The molecule has 9 heteroatoms. The highest BCUT2D eigenvalue weighted by Gasteiger charge is 2.22. The van der Waals surface area contributed by atoms with Crippen molar-refractivity contribution in [3.05, 3.63) is 103 Å². The summed E-state index contributed by atoms with van der Waals surface area (Å²) >= 11 is 5.51. The molecule has 0 atom stereocenters. The van der Waals surface area contributed by atoms with E-state index >= 15 is 0 Å². The summed E-state index contributed by atoms with van der Waals surface area (Å²) in [6.07, 6.45) is 0.694. The van der Waals surface area contributed by atoms with Crippen molar-refractivity contribution in [1.82, 2.24) is 0 Å². The second-order valence-electron chi connectivity index (χ2n) is 5.72. The first-order valence-electron chi connectivity index (χ1n) is 7.84. The van der Waals surface area contributed by atoms with E-state index in [4.69, 9.17) is 11.6 Å². The van der Waals surface area contributed by atoms with Crippen LogP contribution in [0.4, 0.5) is 11.4 Å². The van der Waals surface area contributed by atoms with Gasteiger partial charge in [-0.2, -0.15) is 0 Å². The fourth-order valence-corrected chi connectivity index (χ4v) is 2.21. The molecule has 0 aromatic heterocycles. The number of anilines is 2. The van der Waals surface area contributed by atoms with Gasteiger partial charge in [-0.25, -0.2) is 0 Å². The van der Waals surface area contributed by atoms with Gasteiger partial charge in [-0.1, -0.05) is 35.4 Å². The van der Waals surface area contributed by atoms with E-state index in [0.717, 1.165) is 11.1 Å². The number of hydrogen-bond donors (Lipinski definition) is 2. The number of hydrogen-bond acceptors (Lipinski definition) is 6. The predicted molar refractivity (Wildman–Crippen MR) is 105 cm³/mol. The Bertz CT molecular complexity index is 856. The normalized spacial score (nSPS) is 10.9. The highest BCUT2D eigenvalue weighted by atomic mass is 35.5. The Labute approximate surface area is 160 Å². The molecule has 0 saturated carbocycles. The van der Waals surface area contributed by atoms with Crippen molar-refractivity contribution in [1.29, 1.82) is 0 Å². The average Bonchev–Trinajstić information content (AvgIpc) is 2.62.